The molecule has 0 fully saturated rings. The predicted octanol–water partition coefficient (Wildman–Crippen LogP) is 2.11. The molecule has 3 nitrogen and oxygen atoms in total. The van der Waals surface area contributed by atoms with Crippen LogP contribution in [-0.2, 0) is 4.79 Å². The highest BCUT2D eigenvalue weighted by Gasteiger charge is 2.14. The van der Waals surface area contributed by atoms with Crippen molar-refractivity contribution in [1.29, 1.82) is 0 Å². The highest BCUT2D eigenvalue weighted by atomic mass is 16.1. The molecule has 0 aliphatic heterocycles. The van der Waals surface area contributed by atoms with Gasteiger partial charge in [-0.2, -0.15) is 0 Å². The van der Waals surface area contributed by atoms with Gasteiger partial charge in [0.25, 0.3) is 0 Å². The van der Waals surface area contributed by atoms with Gasteiger partial charge in [-0.1, -0.05) is 0 Å². The molecule has 78 valence electrons. The van der Waals surface area contributed by atoms with Crippen LogP contribution in [0.5, 0.6) is 0 Å². The number of aryl methyl sites for hydroxylation is 1. The summed E-state index contributed by atoms with van der Waals surface area (Å²) in [6, 6.07) is 1.99. The van der Waals surface area contributed by atoms with Gasteiger partial charge in [0.15, 0.2) is 5.78 Å². The Kier molecular flexibility index (Phi) is 2.54. The van der Waals surface area contributed by atoms with Crippen molar-refractivity contribution in [3.8, 4) is 0 Å². The topological polar surface area (TPSA) is 56.0 Å². The number of aromatic nitrogens is 1. The Balaban J connectivity index is 2.44. The van der Waals surface area contributed by atoms with E-state index in [0.29, 0.717) is 12.2 Å². The largest absolute Gasteiger partial charge is 0.383 e. The summed E-state index contributed by atoms with van der Waals surface area (Å²) in [7, 11) is 0. The quantitative estimate of drug-likeness (QED) is 0.758. The molecule has 0 bridgehead atoms. The van der Waals surface area contributed by atoms with Gasteiger partial charge in [0.2, 0.25) is 0 Å². The summed E-state index contributed by atoms with van der Waals surface area (Å²) >= 11 is 0. The summed E-state index contributed by atoms with van der Waals surface area (Å²) in [4.78, 5) is 15.4. The van der Waals surface area contributed by atoms with E-state index in [1.165, 1.54) is 0 Å². The van der Waals surface area contributed by atoms with Crippen LogP contribution in [0.1, 0.15) is 30.4 Å². The summed E-state index contributed by atoms with van der Waals surface area (Å²) in [5.41, 5.74) is 8.82. The first-order chi connectivity index (χ1) is 7.16. The second-order valence-electron chi connectivity index (χ2n) is 3.93. The highest BCUT2D eigenvalue weighted by molar-refractivity contribution is 5.99. The van der Waals surface area contributed by atoms with E-state index in [1.807, 2.05) is 13.0 Å². The maximum absolute atomic E-state index is 11.3. The van der Waals surface area contributed by atoms with E-state index in [2.05, 4.69) is 4.98 Å². The van der Waals surface area contributed by atoms with Crippen LogP contribution in [0.4, 0.5) is 5.82 Å². The molecule has 0 saturated heterocycles. The van der Waals surface area contributed by atoms with Crippen molar-refractivity contribution >= 4 is 17.2 Å². The van der Waals surface area contributed by atoms with Crippen molar-refractivity contribution in [2.24, 2.45) is 0 Å². The third-order valence-corrected chi connectivity index (χ3v) is 2.61. The van der Waals surface area contributed by atoms with Crippen LogP contribution in [0.25, 0.3) is 5.57 Å². The lowest BCUT2D eigenvalue weighted by Gasteiger charge is -2.13. The van der Waals surface area contributed by atoms with Crippen molar-refractivity contribution in [2.45, 2.75) is 26.2 Å². The molecule has 1 heterocycles. The van der Waals surface area contributed by atoms with E-state index in [-0.39, 0.29) is 5.78 Å². The lowest BCUT2D eigenvalue weighted by molar-refractivity contribution is -0.114. The molecule has 1 aromatic heterocycles. The molecule has 0 saturated carbocycles. The van der Waals surface area contributed by atoms with Crippen LogP contribution in [0.3, 0.4) is 0 Å². The first-order valence-electron chi connectivity index (χ1n) is 5.13. The molecule has 15 heavy (non-hydrogen) atoms. The highest BCUT2D eigenvalue weighted by Crippen LogP contribution is 2.28. The molecule has 0 atom stereocenters. The molecule has 2 rings (SSSR count). The minimum atomic E-state index is 0.192. The molecule has 0 spiro atoms. The SMILES string of the molecule is Cc1cnc(N)c(C2=CC(=O)CCC2)c1. The van der Waals surface area contributed by atoms with Gasteiger partial charge in [-0.3, -0.25) is 4.79 Å². The number of pyridine rings is 1. The lowest BCUT2D eigenvalue weighted by Crippen LogP contribution is -2.05. The zero-order chi connectivity index (χ0) is 10.8. The first-order valence-corrected chi connectivity index (χ1v) is 5.13. The maximum atomic E-state index is 11.3. The van der Waals surface area contributed by atoms with Crippen LogP contribution in [0, 0.1) is 6.92 Å². The molecular formula is C12H14N2O. The number of nitrogen functional groups attached to an aromatic ring is 1. The van der Waals surface area contributed by atoms with Gasteiger partial charge in [0.1, 0.15) is 5.82 Å². The van der Waals surface area contributed by atoms with E-state index in [0.717, 1.165) is 29.5 Å². The van der Waals surface area contributed by atoms with Crippen molar-refractivity contribution in [1.82, 2.24) is 4.98 Å². The molecule has 3 heteroatoms. The Bertz CT molecular complexity index is 435. The van der Waals surface area contributed by atoms with E-state index in [9.17, 15) is 4.79 Å². The lowest BCUT2D eigenvalue weighted by atomic mass is 9.93. The average molecular weight is 202 g/mol. The maximum Gasteiger partial charge on any atom is 0.155 e. The van der Waals surface area contributed by atoms with Crippen molar-refractivity contribution in [3.63, 3.8) is 0 Å². The van der Waals surface area contributed by atoms with E-state index in [1.54, 1.807) is 12.3 Å². The second-order valence-corrected chi connectivity index (χ2v) is 3.93. The molecule has 0 unspecified atom stereocenters. The second kappa shape index (κ2) is 3.85. The monoisotopic (exact) mass is 202 g/mol. The van der Waals surface area contributed by atoms with Crippen LogP contribution in [0.2, 0.25) is 0 Å². The Morgan fingerprint density at radius 2 is 2.20 bits per heavy atom. The number of carbonyl (C=O) groups excluding carboxylic acids is 1. The number of nitrogens with zero attached hydrogens (tertiary/aromatic N) is 1. The van der Waals surface area contributed by atoms with Crippen LogP contribution in [0.15, 0.2) is 18.3 Å². The Morgan fingerprint density at radius 3 is 2.93 bits per heavy atom. The standard InChI is InChI=1S/C12H14N2O/c1-8-5-11(12(13)14-7-8)9-3-2-4-10(15)6-9/h5-7H,2-4H2,1H3,(H2,13,14). The van der Waals surface area contributed by atoms with E-state index in [4.69, 9.17) is 5.73 Å². The third-order valence-electron chi connectivity index (χ3n) is 2.61. The molecule has 1 aliphatic rings. The normalized spacial score (nSPS) is 16.3. The van der Waals surface area contributed by atoms with Gasteiger partial charge in [-0.15, -0.1) is 0 Å². The molecule has 2 N–H and O–H groups in total. The van der Waals surface area contributed by atoms with Crippen LogP contribution < -0.4 is 5.73 Å². The van der Waals surface area contributed by atoms with Crippen molar-refractivity contribution in [2.75, 3.05) is 5.73 Å². The molecule has 0 radical (unpaired) electrons. The molecule has 0 aromatic carbocycles. The number of rotatable bonds is 1. The summed E-state index contributed by atoms with van der Waals surface area (Å²) in [5, 5.41) is 0. The minimum Gasteiger partial charge on any atom is -0.383 e. The van der Waals surface area contributed by atoms with Crippen LogP contribution in [-0.4, -0.2) is 10.8 Å². The number of nitrogens with two attached hydrogens (primary N) is 1. The number of ketones is 1. The van der Waals surface area contributed by atoms with Crippen molar-refractivity contribution < 1.29 is 4.79 Å². The molecular weight excluding hydrogens is 188 g/mol. The zero-order valence-electron chi connectivity index (χ0n) is 8.79. The average Bonchev–Trinajstić information content (AvgIpc) is 2.22. The fourth-order valence-corrected chi connectivity index (χ4v) is 1.84. The fourth-order valence-electron chi connectivity index (χ4n) is 1.84. The number of hydrogen-bond acceptors (Lipinski definition) is 3. The minimum absolute atomic E-state index is 0.192. The van der Waals surface area contributed by atoms with Gasteiger partial charge in [-0.25, -0.2) is 4.98 Å². The van der Waals surface area contributed by atoms with Gasteiger partial charge < -0.3 is 5.73 Å². The summed E-state index contributed by atoms with van der Waals surface area (Å²) in [5.74, 6) is 0.707. The zero-order valence-corrected chi connectivity index (χ0v) is 8.79. The first kappa shape index (κ1) is 9.90. The number of allylic oxidation sites excluding steroid dienone is 2. The van der Waals surface area contributed by atoms with Gasteiger partial charge in [0, 0.05) is 18.2 Å². The predicted molar refractivity (Wildman–Crippen MR) is 60.2 cm³/mol. The smallest absolute Gasteiger partial charge is 0.155 e. The van der Waals surface area contributed by atoms with E-state index < -0.39 is 0 Å². The Labute approximate surface area is 89.0 Å². The third kappa shape index (κ3) is 2.06. The summed E-state index contributed by atoms with van der Waals surface area (Å²) in [6.45, 7) is 1.97. The van der Waals surface area contributed by atoms with Gasteiger partial charge >= 0.3 is 0 Å². The molecule has 1 aliphatic carbocycles. The fraction of sp³-hybridized carbons (Fsp3) is 0.333. The number of anilines is 1. The number of hydrogen-bond donors (Lipinski definition) is 1. The summed E-state index contributed by atoms with van der Waals surface area (Å²) in [6.07, 6.45) is 5.93. The van der Waals surface area contributed by atoms with Gasteiger partial charge in [-0.05, 0) is 43.0 Å². The Hall–Kier alpha value is -1.64. The molecule has 1 aromatic rings. The van der Waals surface area contributed by atoms with Gasteiger partial charge in [0.05, 0.1) is 0 Å². The molecule has 0 amide bonds. The van der Waals surface area contributed by atoms with Crippen molar-refractivity contribution in [3.05, 3.63) is 29.5 Å². The Morgan fingerprint density at radius 1 is 1.40 bits per heavy atom. The van der Waals surface area contributed by atoms with Crippen LogP contribution >= 0.6 is 0 Å². The summed E-state index contributed by atoms with van der Waals surface area (Å²) < 4.78 is 0. The number of carbonyl (C=O) groups is 1. The van der Waals surface area contributed by atoms with E-state index >= 15 is 0 Å².